The summed E-state index contributed by atoms with van der Waals surface area (Å²) in [7, 11) is 0. The Morgan fingerprint density at radius 3 is 3.00 bits per heavy atom. The molecule has 0 aromatic carbocycles. The molecule has 2 heterocycles. The van der Waals surface area contributed by atoms with Gasteiger partial charge in [-0.2, -0.15) is 5.26 Å². The summed E-state index contributed by atoms with van der Waals surface area (Å²) < 4.78 is 5.60. The van der Waals surface area contributed by atoms with Crippen molar-refractivity contribution in [3.63, 3.8) is 0 Å². The molecule has 100 valence electrons. The Hall–Kier alpha value is -1.64. The molecule has 0 radical (unpaired) electrons. The minimum Gasteiger partial charge on any atom is -0.370 e. The summed E-state index contributed by atoms with van der Waals surface area (Å²) in [6.45, 7) is 2.90. The third kappa shape index (κ3) is 3.22. The van der Waals surface area contributed by atoms with E-state index in [1.807, 2.05) is 13.0 Å². The molecule has 19 heavy (non-hydrogen) atoms. The average Bonchev–Trinajstić information content (AvgIpc) is 2.46. The minimum atomic E-state index is -0.158. The Labute approximate surface area is 116 Å². The molecule has 1 aromatic rings. The van der Waals surface area contributed by atoms with Crippen molar-refractivity contribution in [1.82, 2.24) is 9.88 Å². The third-order valence-electron chi connectivity index (χ3n) is 2.90. The van der Waals surface area contributed by atoms with E-state index in [0.29, 0.717) is 30.2 Å². The number of carbonyl (C=O) groups excluding carboxylic acids is 1. The lowest BCUT2D eigenvalue weighted by Crippen LogP contribution is -2.49. The van der Waals surface area contributed by atoms with Crippen LogP contribution in [-0.4, -0.2) is 47.0 Å². The van der Waals surface area contributed by atoms with Crippen LogP contribution in [0, 0.1) is 11.3 Å². The number of pyridine rings is 1. The molecule has 1 saturated heterocycles. The number of carbonyl (C=O) groups is 1. The molecule has 2 rings (SSSR count). The zero-order valence-corrected chi connectivity index (χ0v) is 11.3. The van der Waals surface area contributed by atoms with Gasteiger partial charge in [-0.3, -0.25) is 4.79 Å². The van der Waals surface area contributed by atoms with Gasteiger partial charge in [0.05, 0.1) is 23.7 Å². The maximum atomic E-state index is 12.3. The number of ether oxygens (including phenoxy) is 1. The van der Waals surface area contributed by atoms with Gasteiger partial charge in [-0.05, 0) is 19.1 Å². The summed E-state index contributed by atoms with van der Waals surface area (Å²) >= 11 is 5.79. The molecule has 1 amide bonds. The number of morpholine rings is 1. The van der Waals surface area contributed by atoms with Crippen LogP contribution in [0.3, 0.4) is 0 Å². The van der Waals surface area contributed by atoms with Crippen LogP contribution < -0.4 is 0 Å². The Bertz CT molecular complexity index is 498. The van der Waals surface area contributed by atoms with Gasteiger partial charge in [0, 0.05) is 19.3 Å². The Balaban J connectivity index is 2.11. The number of alkyl halides is 1. The van der Waals surface area contributed by atoms with Crippen molar-refractivity contribution in [2.45, 2.75) is 19.1 Å². The van der Waals surface area contributed by atoms with E-state index >= 15 is 0 Å². The molecule has 2 unspecified atom stereocenters. The average molecular weight is 280 g/mol. The summed E-state index contributed by atoms with van der Waals surface area (Å²) in [6, 6.07) is 5.12. The van der Waals surface area contributed by atoms with Gasteiger partial charge in [0.15, 0.2) is 0 Å². The molecule has 1 aliphatic heterocycles. The molecule has 1 aliphatic rings. The van der Waals surface area contributed by atoms with E-state index in [1.165, 1.54) is 6.20 Å². The second kappa shape index (κ2) is 6.00. The van der Waals surface area contributed by atoms with Crippen LogP contribution in [-0.2, 0) is 4.74 Å². The van der Waals surface area contributed by atoms with Crippen LogP contribution >= 0.6 is 11.6 Å². The molecule has 6 heteroatoms. The lowest BCUT2D eigenvalue weighted by Gasteiger charge is -2.35. The number of aromatic nitrogens is 1. The smallest absolute Gasteiger partial charge is 0.272 e. The maximum Gasteiger partial charge on any atom is 0.272 e. The summed E-state index contributed by atoms with van der Waals surface area (Å²) in [4.78, 5) is 18.0. The van der Waals surface area contributed by atoms with Gasteiger partial charge in [-0.25, -0.2) is 4.98 Å². The zero-order chi connectivity index (χ0) is 13.8. The zero-order valence-electron chi connectivity index (χ0n) is 10.5. The van der Waals surface area contributed by atoms with E-state index in [1.54, 1.807) is 17.0 Å². The molecule has 0 saturated carbocycles. The molecule has 0 N–H and O–H groups in total. The predicted octanol–water partition coefficient (Wildman–Crippen LogP) is 1.42. The molecule has 0 bridgehead atoms. The van der Waals surface area contributed by atoms with Crippen LogP contribution in [0.5, 0.6) is 0 Å². The third-order valence-corrected chi connectivity index (χ3v) is 3.24. The van der Waals surface area contributed by atoms with Crippen LogP contribution in [0.25, 0.3) is 0 Å². The number of hydrogen-bond donors (Lipinski definition) is 0. The molecule has 1 fully saturated rings. The quantitative estimate of drug-likeness (QED) is 0.768. The van der Waals surface area contributed by atoms with Gasteiger partial charge in [0.25, 0.3) is 5.91 Å². The van der Waals surface area contributed by atoms with E-state index in [9.17, 15) is 4.79 Å². The number of nitriles is 1. The summed E-state index contributed by atoms with van der Waals surface area (Å²) in [5.41, 5.74) is 0.770. The Morgan fingerprint density at radius 2 is 2.42 bits per heavy atom. The second-order valence-corrected chi connectivity index (χ2v) is 4.79. The molecular formula is C13H14ClN3O2. The summed E-state index contributed by atoms with van der Waals surface area (Å²) in [6.07, 6.45) is 1.21. The topological polar surface area (TPSA) is 66.2 Å². The molecule has 0 aliphatic carbocycles. The van der Waals surface area contributed by atoms with E-state index in [4.69, 9.17) is 21.6 Å². The van der Waals surface area contributed by atoms with Crippen LogP contribution in [0.1, 0.15) is 23.0 Å². The monoisotopic (exact) mass is 279 g/mol. The maximum absolute atomic E-state index is 12.3. The molecule has 2 atom stereocenters. The number of rotatable bonds is 2. The van der Waals surface area contributed by atoms with Gasteiger partial charge in [-0.15, -0.1) is 11.6 Å². The van der Waals surface area contributed by atoms with Crippen molar-refractivity contribution in [1.29, 1.82) is 5.26 Å². The number of halogens is 1. The van der Waals surface area contributed by atoms with E-state index in [-0.39, 0.29) is 18.1 Å². The molecule has 0 spiro atoms. The minimum absolute atomic E-state index is 0.0418. The van der Waals surface area contributed by atoms with Crippen LogP contribution in [0.4, 0.5) is 0 Å². The highest BCUT2D eigenvalue weighted by Crippen LogP contribution is 2.14. The van der Waals surface area contributed by atoms with Gasteiger partial charge in [0.2, 0.25) is 0 Å². The van der Waals surface area contributed by atoms with Gasteiger partial charge < -0.3 is 9.64 Å². The highest BCUT2D eigenvalue weighted by atomic mass is 35.5. The molecule has 1 aromatic heterocycles. The van der Waals surface area contributed by atoms with Gasteiger partial charge in [0.1, 0.15) is 11.8 Å². The molecule has 5 nitrogen and oxygen atoms in total. The van der Waals surface area contributed by atoms with Crippen molar-refractivity contribution >= 4 is 17.5 Å². The molecular weight excluding hydrogens is 266 g/mol. The lowest BCUT2D eigenvalue weighted by molar-refractivity contribution is -0.0571. The first-order valence-electron chi connectivity index (χ1n) is 6.01. The summed E-state index contributed by atoms with van der Waals surface area (Å²) in [5.74, 6) is 0.198. The second-order valence-electron chi connectivity index (χ2n) is 4.48. The first-order valence-corrected chi connectivity index (χ1v) is 6.54. The first-order chi connectivity index (χ1) is 9.13. The fourth-order valence-electron chi connectivity index (χ4n) is 2.04. The van der Waals surface area contributed by atoms with Gasteiger partial charge in [-0.1, -0.05) is 0 Å². The van der Waals surface area contributed by atoms with Crippen molar-refractivity contribution < 1.29 is 9.53 Å². The highest BCUT2D eigenvalue weighted by molar-refractivity contribution is 6.18. The van der Waals surface area contributed by atoms with Crippen molar-refractivity contribution in [3.8, 4) is 6.07 Å². The lowest BCUT2D eigenvalue weighted by atomic mass is 10.2. The largest absolute Gasteiger partial charge is 0.370 e. The number of nitrogens with zero attached hydrogens (tertiary/aromatic N) is 3. The Morgan fingerprint density at radius 1 is 1.63 bits per heavy atom. The van der Waals surface area contributed by atoms with Crippen LogP contribution in [0.2, 0.25) is 0 Å². The van der Waals surface area contributed by atoms with E-state index in [0.717, 1.165) is 0 Å². The fourth-order valence-corrected chi connectivity index (χ4v) is 2.22. The van der Waals surface area contributed by atoms with Crippen LogP contribution in [0.15, 0.2) is 18.3 Å². The summed E-state index contributed by atoms with van der Waals surface area (Å²) in [5, 5.41) is 8.70. The van der Waals surface area contributed by atoms with Crippen molar-refractivity contribution in [2.75, 3.05) is 19.0 Å². The standard InChI is InChI=1S/C13H14ClN3O2/c1-9-7-17(8-11(4-14)19-9)13(18)12-3-2-10(5-15)6-16-12/h2-3,6,9,11H,4,7-8H2,1H3. The number of hydrogen-bond acceptors (Lipinski definition) is 4. The first kappa shape index (κ1) is 13.8. The number of amides is 1. The normalized spacial score (nSPS) is 22.9. The Kier molecular flexibility index (Phi) is 4.35. The van der Waals surface area contributed by atoms with E-state index < -0.39 is 0 Å². The SMILES string of the molecule is CC1CN(C(=O)c2ccc(C#N)cn2)CC(CCl)O1. The van der Waals surface area contributed by atoms with Crippen molar-refractivity contribution in [2.24, 2.45) is 0 Å². The van der Waals surface area contributed by atoms with Gasteiger partial charge >= 0.3 is 0 Å². The highest BCUT2D eigenvalue weighted by Gasteiger charge is 2.28. The van der Waals surface area contributed by atoms with Crippen molar-refractivity contribution in [3.05, 3.63) is 29.6 Å². The fraction of sp³-hybridized carbons (Fsp3) is 0.462. The predicted molar refractivity (Wildman–Crippen MR) is 69.9 cm³/mol. The van der Waals surface area contributed by atoms with E-state index in [2.05, 4.69) is 4.98 Å².